The molecule has 7 heteroatoms. The largest absolute Gasteiger partial charge is 0.480 e. The van der Waals surface area contributed by atoms with Gasteiger partial charge in [-0.1, -0.05) is 0 Å². The van der Waals surface area contributed by atoms with Crippen LogP contribution in [0.15, 0.2) is 24.0 Å². The summed E-state index contributed by atoms with van der Waals surface area (Å²) in [6.07, 6.45) is 3.43. The molecule has 0 bridgehead atoms. The number of aromatic amines is 1. The van der Waals surface area contributed by atoms with E-state index in [-0.39, 0.29) is 0 Å². The second-order valence-corrected chi connectivity index (χ2v) is 4.77. The normalized spacial score (nSPS) is 10.8. The monoisotopic (exact) mass is 275 g/mol. The van der Waals surface area contributed by atoms with Crippen LogP contribution in [0, 0.1) is 0 Å². The van der Waals surface area contributed by atoms with Crippen molar-refractivity contribution >= 4 is 28.4 Å². The zero-order valence-corrected chi connectivity index (χ0v) is 11.4. The average Bonchev–Trinajstić information content (AvgIpc) is 3.05. The van der Waals surface area contributed by atoms with Crippen molar-refractivity contribution < 1.29 is 4.74 Å². The Hall–Kier alpha value is -2.15. The molecule has 0 radical (unpaired) electrons. The minimum absolute atomic E-state index is 0.677. The Bertz CT molecular complexity index is 692. The van der Waals surface area contributed by atoms with E-state index in [4.69, 9.17) is 4.74 Å². The predicted molar refractivity (Wildman–Crippen MR) is 74.7 cm³/mol. The van der Waals surface area contributed by atoms with Crippen molar-refractivity contribution in [2.45, 2.75) is 6.54 Å². The summed E-state index contributed by atoms with van der Waals surface area (Å²) in [7, 11) is 3.62. The molecule has 3 aromatic rings. The van der Waals surface area contributed by atoms with E-state index in [0.29, 0.717) is 12.4 Å². The zero-order valence-electron chi connectivity index (χ0n) is 10.6. The van der Waals surface area contributed by atoms with Crippen molar-refractivity contribution in [3.8, 4) is 5.88 Å². The van der Waals surface area contributed by atoms with Crippen LogP contribution in [0.25, 0.3) is 11.0 Å². The number of H-pyrrole nitrogens is 1. The molecule has 19 heavy (non-hydrogen) atoms. The molecule has 0 aromatic carbocycles. The predicted octanol–water partition coefficient (Wildman–Crippen LogP) is 2.06. The van der Waals surface area contributed by atoms with Gasteiger partial charge in [-0.15, -0.1) is 0 Å². The van der Waals surface area contributed by atoms with Gasteiger partial charge >= 0.3 is 0 Å². The average molecular weight is 275 g/mol. The molecule has 98 valence electrons. The molecule has 0 saturated carbocycles. The lowest BCUT2D eigenvalue weighted by Gasteiger charge is -2.18. The summed E-state index contributed by atoms with van der Waals surface area (Å²) < 4.78 is 9.42. The minimum atomic E-state index is 0.677. The summed E-state index contributed by atoms with van der Waals surface area (Å²) in [4.78, 5) is 13.7. The number of anilines is 1. The fraction of sp³-hybridized carbons (Fsp3) is 0.250. The smallest absolute Gasteiger partial charge is 0.229 e. The molecule has 0 atom stereocenters. The number of rotatable bonds is 4. The van der Waals surface area contributed by atoms with E-state index < -0.39 is 0 Å². The van der Waals surface area contributed by atoms with E-state index >= 15 is 0 Å². The van der Waals surface area contributed by atoms with E-state index in [1.54, 1.807) is 13.4 Å². The molecule has 3 heterocycles. The fourth-order valence-corrected chi connectivity index (χ4v) is 2.66. The molecule has 0 unspecified atom stereocenters. The highest BCUT2D eigenvalue weighted by Gasteiger charge is 2.13. The summed E-state index contributed by atoms with van der Waals surface area (Å²) in [5.74, 6) is 1.57. The van der Waals surface area contributed by atoms with Crippen LogP contribution in [0.3, 0.4) is 0 Å². The number of nitrogens with zero attached hydrogens (tertiary/aromatic N) is 4. The van der Waals surface area contributed by atoms with E-state index in [1.807, 2.05) is 24.7 Å². The first-order valence-corrected chi connectivity index (χ1v) is 6.59. The third kappa shape index (κ3) is 2.12. The van der Waals surface area contributed by atoms with Gasteiger partial charge in [0.05, 0.1) is 19.0 Å². The van der Waals surface area contributed by atoms with Crippen LogP contribution >= 0.6 is 11.5 Å². The van der Waals surface area contributed by atoms with E-state index in [2.05, 4.69) is 24.2 Å². The van der Waals surface area contributed by atoms with Crippen LogP contribution < -0.4 is 9.64 Å². The van der Waals surface area contributed by atoms with Crippen molar-refractivity contribution in [1.29, 1.82) is 0 Å². The summed E-state index contributed by atoms with van der Waals surface area (Å²) in [6, 6.07) is 1.98. The summed E-state index contributed by atoms with van der Waals surface area (Å²) in [6.45, 7) is 0.691. The van der Waals surface area contributed by atoms with Crippen molar-refractivity contribution in [2.75, 3.05) is 19.1 Å². The van der Waals surface area contributed by atoms with E-state index in [0.717, 1.165) is 22.4 Å². The molecule has 6 nitrogen and oxygen atoms in total. The molecule has 0 spiro atoms. The standard InChI is InChI=1S/C12H13N5OS/c1-17(5-8-6-19-16-12(8)18-2)11-9-3-4-13-10(9)14-7-15-11/h3-4,6-7H,5H2,1-2H3,(H,13,14,15). The number of methoxy groups -OCH3 is 1. The van der Waals surface area contributed by atoms with Gasteiger partial charge in [0.25, 0.3) is 0 Å². The summed E-state index contributed by atoms with van der Waals surface area (Å²) >= 11 is 1.39. The van der Waals surface area contributed by atoms with Crippen LogP contribution in [-0.2, 0) is 6.54 Å². The van der Waals surface area contributed by atoms with Gasteiger partial charge in [0.15, 0.2) is 0 Å². The number of hydrogen-bond donors (Lipinski definition) is 1. The van der Waals surface area contributed by atoms with Crippen LogP contribution in [0.2, 0.25) is 0 Å². The van der Waals surface area contributed by atoms with Gasteiger partial charge in [-0.05, 0) is 17.6 Å². The SMILES string of the molecule is COc1nscc1CN(C)c1ncnc2[nH]ccc12. The summed E-state index contributed by atoms with van der Waals surface area (Å²) in [5.41, 5.74) is 1.89. The summed E-state index contributed by atoms with van der Waals surface area (Å²) in [5, 5.41) is 3.00. The molecule has 0 aliphatic rings. The maximum absolute atomic E-state index is 5.23. The third-order valence-corrected chi connectivity index (χ3v) is 3.56. The second kappa shape index (κ2) is 4.85. The van der Waals surface area contributed by atoms with Crippen LogP contribution in [0.4, 0.5) is 5.82 Å². The first kappa shape index (κ1) is 11.9. The van der Waals surface area contributed by atoms with E-state index in [9.17, 15) is 0 Å². The Morgan fingerprint density at radius 2 is 2.32 bits per heavy atom. The molecule has 0 amide bonds. The minimum Gasteiger partial charge on any atom is -0.480 e. The maximum Gasteiger partial charge on any atom is 0.229 e. The molecule has 1 N–H and O–H groups in total. The molecule has 0 aliphatic heterocycles. The quantitative estimate of drug-likeness (QED) is 0.789. The molecule has 0 fully saturated rings. The highest BCUT2D eigenvalue weighted by Crippen LogP contribution is 2.25. The lowest BCUT2D eigenvalue weighted by molar-refractivity contribution is 0.397. The fourth-order valence-electron chi connectivity index (χ4n) is 2.01. The third-order valence-electron chi connectivity index (χ3n) is 2.90. The first-order chi connectivity index (χ1) is 9.29. The maximum atomic E-state index is 5.23. The van der Waals surface area contributed by atoms with Gasteiger partial charge in [-0.3, -0.25) is 0 Å². The van der Waals surface area contributed by atoms with Gasteiger partial charge in [-0.25, -0.2) is 9.97 Å². The molecule has 0 aliphatic carbocycles. The number of aromatic nitrogens is 4. The van der Waals surface area contributed by atoms with Crippen molar-refractivity contribution in [1.82, 2.24) is 19.3 Å². The Morgan fingerprint density at radius 1 is 1.42 bits per heavy atom. The van der Waals surface area contributed by atoms with Crippen molar-refractivity contribution in [2.24, 2.45) is 0 Å². The van der Waals surface area contributed by atoms with Gasteiger partial charge in [-0.2, -0.15) is 4.37 Å². The Kier molecular flexibility index (Phi) is 3.04. The van der Waals surface area contributed by atoms with Crippen LogP contribution in [0.5, 0.6) is 5.88 Å². The van der Waals surface area contributed by atoms with Crippen molar-refractivity contribution in [3.05, 3.63) is 29.5 Å². The Morgan fingerprint density at radius 3 is 3.16 bits per heavy atom. The number of nitrogens with one attached hydrogen (secondary N) is 1. The zero-order chi connectivity index (χ0) is 13.2. The molecular weight excluding hydrogens is 262 g/mol. The van der Waals surface area contributed by atoms with Crippen LogP contribution in [0.1, 0.15) is 5.56 Å². The second-order valence-electron chi connectivity index (χ2n) is 4.14. The topological polar surface area (TPSA) is 66.9 Å². The van der Waals surface area contributed by atoms with Gasteiger partial charge in [0.2, 0.25) is 5.88 Å². The van der Waals surface area contributed by atoms with Gasteiger partial charge < -0.3 is 14.6 Å². The number of ether oxygens (including phenoxy) is 1. The molecule has 0 saturated heterocycles. The number of fused-ring (bicyclic) bond motifs is 1. The molecule has 3 aromatic heterocycles. The molecular formula is C12H13N5OS. The van der Waals surface area contributed by atoms with Gasteiger partial charge in [0, 0.05) is 24.2 Å². The van der Waals surface area contributed by atoms with Crippen molar-refractivity contribution in [3.63, 3.8) is 0 Å². The lowest BCUT2D eigenvalue weighted by atomic mass is 10.3. The van der Waals surface area contributed by atoms with Gasteiger partial charge in [0.1, 0.15) is 17.8 Å². The highest BCUT2D eigenvalue weighted by molar-refractivity contribution is 7.03. The Balaban J connectivity index is 1.92. The lowest BCUT2D eigenvalue weighted by Crippen LogP contribution is -2.18. The van der Waals surface area contributed by atoms with E-state index in [1.165, 1.54) is 11.5 Å². The first-order valence-electron chi connectivity index (χ1n) is 5.76. The highest BCUT2D eigenvalue weighted by atomic mass is 32.1. The molecule has 3 rings (SSSR count). The Labute approximate surface area is 114 Å². The van der Waals surface area contributed by atoms with Crippen LogP contribution in [-0.4, -0.2) is 33.5 Å². The number of hydrogen-bond acceptors (Lipinski definition) is 6.